The van der Waals surface area contributed by atoms with Crippen LogP contribution in [0.2, 0.25) is 5.02 Å². The first-order valence-electron chi connectivity index (χ1n) is 8.72. The van der Waals surface area contributed by atoms with Crippen LogP contribution in [0.5, 0.6) is 0 Å². The van der Waals surface area contributed by atoms with Gasteiger partial charge in [0, 0.05) is 28.9 Å². The van der Waals surface area contributed by atoms with Gasteiger partial charge in [-0.25, -0.2) is 4.98 Å². The van der Waals surface area contributed by atoms with Crippen LogP contribution in [0.25, 0.3) is 10.7 Å². The molecule has 0 bridgehead atoms. The number of carbonyl (C=O) groups excluding carboxylic acids is 1. The van der Waals surface area contributed by atoms with Gasteiger partial charge >= 0.3 is 0 Å². The van der Waals surface area contributed by atoms with Gasteiger partial charge < -0.3 is 9.88 Å². The molecule has 0 fully saturated rings. The molecule has 29 heavy (non-hydrogen) atoms. The summed E-state index contributed by atoms with van der Waals surface area (Å²) in [5, 5.41) is 5.71. The topological polar surface area (TPSA) is 76.9 Å². The van der Waals surface area contributed by atoms with E-state index < -0.39 is 0 Å². The number of aromatic nitrogens is 3. The Balaban J connectivity index is 1.53. The summed E-state index contributed by atoms with van der Waals surface area (Å²) in [6.07, 6.45) is 3.27. The number of benzene rings is 1. The van der Waals surface area contributed by atoms with Gasteiger partial charge in [-0.1, -0.05) is 35.9 Å². The molecule has 0 saturated heterocycles. The minimum atomic E-state index is -0.355. The second-order valence-corrected chi connectivity index (χ2v) is 7.45. The van der Waals surface area contributed by atoms with Gasteiger partial charge in [0.05, 0.1) is 17.9 Å². The molecule has 144 valence electrons. The fraction of sp³-hybridized carbons (Fsp3) is 0.0476. The van der Waals surface area contributed by atoms with Gasteiger partial charge in [0.25, 0.3) is 11.5 Å². The van der Waals surface area contributed by atoms with Crippen molar-refractivity contribution in [3.8, 4) is 10.7 Å². The lowest BCUT2D eigenvalue weighted by Gasteiger charge is -2.10. The van der Waals surface area contributed by atoms with Gasteiger partial charge in [0.15, 0.2) is 0 Å². The summed E-state index contributed by atoms with van der Waals surface area (Å²) in [6, 6.07) is 15.8. The molecule has 0 aliphatic carbocycles. The summed E-state index contributed by atoms with van der Waals surface area (Å²) in [5.74, 6) is -0.355. The average Bonchev–Trinajstić information content (AvgIpc) is 3.23. The summed E-state index contributed by atoms with van der Waals surface area (Å²) in [6.45, 7) is 0.308. The molecule has 0 saturated carbocycles. The quantitative estimate of drug-likeness (QED) is 0.519. The van der Waals surface area contributed by atoms with Crippen molar-refractivity contribution in [1.82, 2.24) is 14.5 Å². The third-order valence-electron chi connectivity index (χ3n) is 4.16. The number of hydrogen-bond acceptors (Lipinski definition) is 5. The highest BCUT2D eigenvalue weighted by molar-refractivity contribution is 7.13. The Morgan fingerprint density at radius 3 is 2.72 bits per heavy atom. The lowest BCUT2D eigenvalue weighted by molar-refractivity contribution is 0.102. The largest absolute Gasteiger partial charge is 0.319 e. The Morgan fingerprint density at radius 2 is 1.93 bits per heavy atom. The zero-order valence-corrected chi connectivity index (χ0v) is 16.7. The van der Waals surface area contributed by atoms with Crippen molar-refractivity contribution in [1.29, 1.82) is 0 Å². The standard InChI is InChI=1S/C21H15ClN4O2S/c22-16-6-2-1-5-14(16)11-26-12-15(8-9-19(26)27)24-20(28)18-13-29-21(25-18)17-7-3-4-10-23-17/h1-10,12-13H,11H2,(H,24,28). The molecule has 1 amide bonds. The highest BCUT2D eigenvalue weighted by atomic mass is 35.5. The van der Waals surface area contributed by atoms with E-state index in [0.717, 1.165) is 5.56 Å². The third kappa shape index (κ3) is 4.42. The Bertz CT molecular complexity index is 1220. The predicted octanol–water partition coefficient (Wildman–Crippen LogP) is 4.32. The number of rotatable bonds is 5. The molecule has 0 aliphatic heterocycles. The molecule has 8 heteroatoms. The smallest absolute Gasteiger partial charge is 0.275 e. The van der Waals surface area contributed by atoms with E-state index in [2.05, 4.69) is 15.3 Å². The zero-order chi connectivity index (χ0) is 20.2. The van der Waals surface area contributed by atoms with Gasteiger partial charge in [-0.15, -0.1) is 11.3 Å². The molecule has 6 nitrogen and oxygen atoms in total. The first kappa shape index (κ1) is 19.0. The summed E-state index contributed by atoms with van der Waals surface area (Å²) < 4.78 is 1.50. The third-order valence-corrected chi connectivity index (χ3v) is 5.39. The highest BCUT2D eigenvalue weighted by Gasteiger charge is 2.13. The normalized spacial score (nSPS) is 10.7. The highest BCUT2D eigenvalue weighted by Crippen LogP contribution is 2.22. The van der Waals surface area contributed by atoms with Crippen molar-refractivity contribution in [3.05, 3.63) is 99.0 Å². The summed E-state index contributed by atoms with van der Waals surface area (Å²) >= 11 is 7.53. The SMILES string of the molecule is O=C(Nc1ccc(=O)n(Cc2ccccc2Cl)c1)c1csc(-c2ccccn2)n1. The molecule has 1 N–H and O–H groups in total. The average molecular weight is 423 g/mol. The molecular formula is C21H15ClN4O2S. The molecule has 0 aliphatic rings. The fourth-order valence-corrected chi connectivity index (χ4v) is 3.69. The van der Waals surface area contributed by atoms with Crippen molar-refractivity contribution in [2.45, 2.75) is 6.54 Å². The number of thiazole rings is 1. The van der Waals surface area contributed by atoms with Crippen molar-refractivity contribution >= 4 is 34.5 Å². The molecule has 3 aromatic heterocycles. The molecular weight excluding hydrogens is 408 g/mol. The Morgan fingerprint density at radius 1 is 1.10 bits per heavy atom. The van der Waals surface area contributed by atoms with E-state index in [4.69, 9.17) is 11.6 Å². The number of nitrogens with one attached hydrogen (secondary N) is 1. The number of halogens is 1. The van der Waals surface area contributed by atoms with E-state index in [1.54, 1.807) is 29.9 Å². The van der Waals surface area contributed by atoms with E-state index in [9.17, 15) is 9.59 Å². The maximum atomic E-state index is 12.6. The Hall–Kier alpha value is -3.29. The van der Waals surface area contributed by atoms with Crippen LogP contribution in [0.1, 0.15) is 16.1 Å². The van der Waals surface area contributed by atoms with E-state index in [1.807, 2.05) is 36.4 Å². The number of hydrogen-bond donors (Lipinski definition) is 1. The number of pyridine rings is 2. The van der Waals surface area contributed by atoms with Crippen molar-refractivity contribution < 1.29 is 4.79 Å². The second kappa shape index (κ2) is 8.38. The summed E-state index contributed by atoms with van der Waals surface area (Å²) in [4.78, 5) is 33.4. The van der Waals surface area contributed by atoms with Crippen molar-refractivity contribution in [2.75, 3.05) is 5.32 Å². The van der Waals surface area contributed by atoms with Crippen molar-refractivity contribution in [2.24, 2.45) is 0 Å². The van der Waals surface area contributed by atoms with Gasteiger partial charge in [-0.3, -0.25) is 14.6 Å². The minimum Gasteiger partial charge on any atom is -0.319 e. The molecule has 3 heterocycles. The molecule has 1 aromatic carbocycles. The fourth-order valence-electron chi connectivity index (χ4n) is 2.72. The van der Waals surface area contributed by atoms with Gasteiger partial charge in [-0.05, 0) is 29.8 Å². The molecule has 0 spiro atoms. The summed E-state index contributed by atoms with van der Waals surface area (Å²) in [7, 11) is 0. The molecule has 4 rings (SSSR count). The predicted molar refractivity (Wildman–Crippen MR) is 115 cm³/mol. The molecule has 4 aromatic rings. The number of nitrogens with zero attached hydrogens (tertiary/aromatic N) is 3. The van der Waals surface area contributed by atoms with Gasteiger partial charge in [0.1, 0.15) is 10.7 Å². The maximum absolute atomic E-state index is 12.6. The van der Waals surface area contributed by atoms with Gasteiger partial charge in [-0.2, -0.15) is 0 Å². The van der Waals surface area contributed by atoms with Crippen LogP contribution in [-0.4, -0.2) is 20.4 Å². The molecule has 0 radical (unpaired) electrons. The zero-order valence-electron chi connectivity index (χ0n) is 15.1. The Kier molecular flexibility index (Phi) is 5.50. The van der Waals surface area contributed by atoms with Crippen LogP contribution >= 0.6 is 22.9 Å². The van der Waals surface area contributed by atoms with Crippen LogP contribution in [0.4, 0.5) is 5.69 Å². The minimum absolute atomic E-state index is 0.186. The molecule has 0 atom stereocenters. The van der Waals surface area contributed by atoms with Crippen LogP contribution in [0.3, 0.4) is 0 Å². The number of carbonyl (C=O) groups is 1. The monoisotopic (exact) mass is 422 g/mol. The first-order valence-corrected chi connectivity index (χ1v) is 9.98. The van der Waals surface area contributed by atoms with Crippen molar-refractivity contribution in [3.63, 3.8) is 0 Å². The van der Waals surface area contributed by atoms with Crippen LogP contribution in [-0.2, 0) is 6.54 Å². The van der Waals surface area contributed by atoms with Crippen LogP contribution in [0.15, 0.2) is 77.2 Å². The first-order chi connectivity index (χ1) is 14.1. The second-order valence-electron chi connectivity index (χ2n) is 6.18. The lowest BCUT2D eigenvalue weighted by Crippen LogP contribution is -2.21. The maximum Gasteiger partial charge on any atom is 0.275 e. The summed E-state index contributed by atoms with van der Waals surface area (Å²) in [5.41, 5.74) is 2.13. The van der Waals surface area contributed by atoms with E-state index in [0.29, 0.717) is 33.7 Å². The van der Waals surface area contributed by atoms with E-state index >= 15 is 0 Å². The molecule has 0 unspecified atom stereocenters. The van der Waals surface area contributed by atoms with Crippen LogP contribution in [0, 0.1) is 0 Å². The van der Waals surface area contributed by atoms with E-state index in [1.165, 1.54) is 22.0 Å². The van der Waals surface area contributed by atoms with Crippen LogP contribution < -0.4 is 10.9 Å². The van der Waals surface area contributed by atoms with E-state index in [-0.39, 0.29) is 11.5 Å². The van der Waals surface area contributed by atoms with Gasteiger partial charge in [0.2, 0.25) is 0 Å². The Labute approximate surface area is 175 Å². The number of amides is 1. The lowest BCUT2D eigenvalue weighted by atomic mass is 10.2. The number of anilines is 1.